The van der Waals surface area contributed by atoms with E-state index in [2.05, 4.69) is 11.0 Å². The minimum Gasteiger partial charge on any atom is -0.465 e. The van der Waals surface area contributed by atoms with Crippen LogP contribution in [0.2, 0.25) is 0 Å². The standard InChI is InChI=1S/C14H19N3O2/c1-10(2)17(8-4-7-15)11-5-6-13(16)12(9-11)14(18)19-3/h5-6,9-10H,4,8,16H2,1-3H3. The van der Waals surface area contributed by atoms with Crippen LogP contribution in [0.1, 0.15) is 30.6 Å². The summed E-state index contributed by atoms with van der Waals surface area (Å²) in [5.74, 6) is -0.455. The molecule has 0 unspecified atom stereocenters. The van der Waals surface area contributed by atoms with Crippen LogP contribution in [0.4, 0.5) is 11.4 Å². The number of carbonyl (C=O) groups is 1. The van der Waals surface area contributed by atoms with E-state index in [0.29, 0.717) is 24.2 Å². The number of hydrogen-bond donors (Lipinski definition) is 1. The second-order valence-corrected chi connectivity index (χ2v) is 4.46. The molecule has 0 heterocycles. The Bertz CT molecular complexity index is 492. The molecule has 0 bridgehead atoms. The number of nitrogen functional groups attached to an aromatic ring is 1. The summed E-state index contributed by atoms with van der Waals surface area (Å²) in [6, 6.07) is 7.59. The van der Waals surface area contributed by atoms with E-state index in [1.165, 1.54) is 7.11 Å². The van der Waals surface area contributed by atoms with Gasteiger partial charge in [-0.15, -0.1) is 0 Å². The molecule has 0 fully saturated rings. The van der Waals surface area contributed by atoms with Gasteiger partial charge in [0.1, 0.15) is 0 Å². The predicted octanol–water partition coefficient (Wildman–Crippen LogP) is 2.18. The van der Waals surface area contributed by atoms with E-state index in [4.69, 9.17) is 15.7 Å². The number of nitrogens with two attached hydrogens (primary N) is 1. The molecule has 0 aliphatic rings. The average Bonchev–Trinajstić information content (AvgIpc) is 2.39. The first kappa shape index (κ1) is 14.8. The first-order valence-electron chi connectivity index (χ1n) is 6.12. The largest absolute Gasteiger partial charge is 0.465 e. The molecule has 0 radical (unpaired) electrons. The van der Waals surface area contributed by atoms with Crippen LogP contribution < -0.4 is 10.6 Å². The first-order chi connectivity index (χ1) is 9.01. The number of carbonyl (C=O) groups excluding carboxylic acids is 1. The molecule has 0 atom stereocenters. The molecular formula is C14H19N3O2. The molecular weight excluding hydrogens is 242 g/mol. The van der Waals surface area contributed by atoms with Crippen LogP contribution in [-0.4, -0.2) is 25.7 Å². The van der Waals surface area contributed by atoms with Crippen molar-refractivity contribution in [2.75, 3.05) is 24.3 Å². The molecule has 5 heteroatoms. The Morgan fingerprint density at radius 2 is 2.21 bits per heavy atom. The van der Waals surface area contributed by atoms with Gasteiger partial charge in [0.05, 0.1) is 25.2 Å². The Hall–Kier alpha value is -2.22. The van der Waals surface area contributed by atoms with Crippen molar-refractivity contribution in [1.82, 2.24) is 0 Å². The minimum atomic E-state index is -0.455. The van der Waals surface area contributed by atoms with Crippen molar-refractivity contribution in [2.45, 2.75) is 26.3 Å². The highest BCUT2D eigenvalue weighted by atomic mass is 16.5. The van der Waals surface area contributed by atoms with Crippen molar-refractivity contribution in [3.05, 3.63) is 23.8 Å². The number of hydrogen-bond acceptors (Lipinski definition) is 5. The Balaban J connectivity index is 3.11. The summed E-state index contributed by atoms with van der Waals surface area (Å²) in [6.07, 6.45) is 0.427. The van der Waals surface area contributed by atoms with Crippen molar-refractivity contribution in [3.63, 3.8) is 0 Å². The zero-order chi connectivity index (χ0) is 14.4. The van der Waals surface area contributed by atoms with E-state index in [1.54, 1.807) is 12.1 Å². The fourth-order valence-corrected chi connectivity index (χ4v) is 1.87. The lowest BCUT2D eigenvalue weighted by molar-refractivity contribution is 0.0602. The summed E-state index contributed by atoms with van der Waals surface area (Å²) >= 11 is 0. The van der Waals surface area contributed by atoms with Crippen LogP contribution in [0, 0.1) is 11.3 Å². The van der Waals surface area contributed by atoms with Crippen molar-refractivity contribution < 1.29 is 9.53 Å². The zero-order valence-corrected chi connectivity index (χ0v) is 11.5. The Labute approximate surface area is 113 Å². The molecule has 0 aromatic heterocycles. The molecule has 5 nitrogen and oxygen atoms in total. The lowest BCUT2D eigenvalue weighted by Gasteiger charge is -2.28. The van der Waals surface area contributed by atoms with Crippen LogP contribution in [0.25, 0.3) is 0 Å². The van der Waals surface area contributed by atoms with Gasteiger partial charge in [0.15, 0.2) is 0 Å². The maximum absolute atomic E-state index is 11.6. The van der Waals surface area contributed by atoms with Gasteiger partial charge in [-0.25, -0.2) is 4.79 Å². The topological polar surface area (TPSA) is 79.3 Å². The number of nitriles is 1. The third-order valence-corrected chi connectivity index (χ3v) is 2.86. The molecule has 2 N–H and O–H groups in total. The number of rotatable bonds is 5. The molecule has 0 saturated heterocycles. The first-order valence-corrected chi connectivity index (χ1v) is 6.12. The smallest absolute Gasteiger partial charge is 0.340 e. The quantitative estimate of drug-likeness (QED) is 0.649. The normalized spacial score (nSPS) is 10.1. The third-order valence-electron chi connectivity index (χ3n) is 2.86. The summed E-state index contributed by atoms with van der Waals surface area (Å²) in [7, 11) is 1.32. The summed E-state index contributed by atoms with van der Waals surface area (Å²) in [5, 5.41) is 8.70. The van der Waals surface area contributed by atoms with Crippen molar-refractivity contribution in [2.24, 2.45) is 0 Å². The maximum atomic E-state index is 11.6. The molecule has 19 heavy (non-hydrogen) atoms. The Morgan fingerprint density at radius 1 is 1.53 bits per heavy atom. The summed E-state index contributed by atoms with van der Waals surface area (Å²) in [4.78, 5) is 13.7. The summed E-state index contributed by atoms with van der Waals surface area (Å²) in [5.41, 5.74) is 7.37. The zero-order valence-electron chi connectivity index (χ0n) is 11.5. The van der Waals surface area contributed by atoms with Gasteiger partial charge in [-0.05, 0) is 32.0 Å². The van der Waals surface area contributed by atoms with Crippen LogP contribution in [0.15, 0.2) is 18.2 Å². The molecule has 0 saturated carbocycles. The monoisotopic (exact) mass is 261 g/mol. The molecule has 0 aliphatic carbocycles. The summed E-state index contributed by atoms with van der Waals surface area (Å²) in [6.45, 7) is 4.68. The van der Waals surface area contributed by atoms with Crippen LogP contribution >= 0.6 is 0 Å². The van der Waals surface area contributed by atoms with Gasteiger partial charge in [-0.3, -0.25) is 0 Å². The van der Waals surface area contributed by atoms with E-state index < -0.39 is 5.97 Å². The van der Waals surface area contributed by atoms with Gasteiger partial charge in [-0.2, -0.15) is 5.26 Å². The molecule has 0 aliphatic heterocycles. The fourth-order valence-electron chi connectivity index (χ4n) is 1.87. The second kappa shape index (κ2) is 6.64. The van der Waals surface area contributed by atoms with Crippen molar-refractivity contribution in [1.29, 1.82) is 5.26 Å². The van der Waals surface area contributed by atoms with Gasteiger partial charge in [0, 0.05) is 24.0 Å². The number of ether oxygens (including phenoxy) is 1. The van der Waals surface area contributed by atoms with Gasteiger partial charge in [-0.1, -0.05) is 0 Å². The molecule has 1 rings (SSSR count). The highest BCUT2D eigenvalue weighted by Gasteiger charge is 2.15. The fraction of sp³-hybridized carbons (Fsp3) is 0.429. The average molecular weight is 261 g/mol. The third kappa shape index (κ3) is 3.62. The van der Waals surface area contributed by atoms with E-state index in [0.717, 1.165) is 5.69 Å². The lowest BCUT2D eigenvalue weighted by Crippen LogP contribution is -2.31. The number of anilines is 2. The van der Waals surface area contributed by atoms with E-state index >= 15 is 0 Å². The van der Waals surface area contributed by atoms with Gasteiger partial charge >= 0.3 is 5.97 Å². The minimum absolute atomic E-state index is 0.225. The number of nitrogens with zero attached hydrogens (tertiary/aromatic N) is 2. The van der Waals surface area contributed by atoms with Crippen molar-refractivity contribution in [3.8, 4) is 6.07 Å². The van der Waals surface area contributed by atoms with Crippen LogP contribution in [0.3, 0.4) is 0 Å². The number of benzene rings is 1. The molecule has 0 spiro atoms. The van der Waals surface area contributed by atoms with Gasteiger partial charge < -0.3 is 15.4 Å². The number of esters is 1. The Kier molecular flexibility index (Phi) is 5.19. The second-order valence-electron chi connectivity index (χ2n) is 4.46. The highest BCUT2D eigenvalue weighted by molar-refractivity contribution is 5.96. The van der Waals surface area contributed by atoms with Crippen LogP contribution in [-0.2, 0) is 4.74 Å². The predicted molar refractivity (Wildman–Crippen MR) is 74.9 cm³/mol. The SMILES string of the molecule is COC(=O)c1cc(N(CCC#N)C(C)C)ccc1N. The molecule has 1 aromatic carbocycles. The van der Waals surface area contributed by atoms with E-state index in [1.807, 2.05) is 19.9 Å². The van der Waals surface area contributed by atoms with Gasteiger partial charge in [0.25, 0.3) is 0 Å². The number of methoxy groups -OCH3 is 1. The van der Waals surface area contributed by atoms with Gasteiger partial charge in [0.2, 0.25) is 0 Å². The molecule has 0 amide bonds. The van der Waals surface area contributed by atoms with Crippen LogP contribution in [0.5, 0.6) is 0 Å². The summed E-state index contributed by atoms with van der Waals surface area (Å²) < 4.78 is 4.70. The van der Waals surface area contributed by atoms with E-state index in [-0.39, 0.29) is 6.04 Å². The molecule has 1 aromatic rings. The van der Waals surface area contributed by atoms with Crippen molar-refractivity contribution >= 4 is 17.3 Å². The van der Waals surface area contributed by atoms with E-state index in [9.17, 15) is 4.79 Å². The Morgan fingerprint density at radius 3 is 2.74 bits per heavy atom. The highest BCUT2D eigenvalue weighted by Crippen LogP contribution is 2.23. The lowest BCUT2D eigenvalue weighted by atomic mass is 10.1. The maximum Gasteiger partial charge on any atom is 0.340 e. The molecule has 102 valence electrons.